The number of hydrogen-bond donors (Lipinski definition) is 1. The van der Waals surface area contributed by atoms with Crippen molar-refractivity contribution in [2.24, 2.45) is 0 Å². The Bertz CT molecular complexity index is 1140. The monoisotopic (exact) mass is 427 g/mol. The Morgan fingerprint density at radius 2 is 1.89 bits per heavy atom. The van der Waals surface area contributed by atoms with E-state index in [1.165, 1.54) is 4.68 Å². The van der Waals surface area contributed by atoms with Gasteiger partial charge in [-0.2, -0.15) is 5.10 Å². The largest absolute Gasteiger partial charge is 0.486 e. The van der Waals surface area contributed by atoms with E-state index >= 15 is 0 Å². The van der Waals surface area contributed by atoms with E-state index in [0.717, 1.165) is 0 Å². The van der Waals surface area contributed by atoms with Crippen LogP contribution in [-0.4, -0.2) is 51.3 Å². The summed E-state index contributed by atoms with van der Waals surface area (Å²) in [5, 5.41) is 4.32. The van der Waals surface area contributed by atoms with Crippen LogP contribution >= 0.6 is 0 Å². The maximum absolute atomic E-state index is 13.0. The van der Waals surface area contributed by atoms with E-state index < -0.39 is 19.9 Å². The molecule has 1 aromatic heterocycles. The number of nitrogens with zero attached hydrogens (tertiary/aromatic N) is 2. The molecular weight excluding hydrogens is 406 g/mol. The van der Waals surface area contributed by atoms with Gasteiger partial charge in [0.15, 0.2) is 21.3 Å². The minimum atomic E-state index is -3.92. The van der Waals surface area contributed by atoms with Crippen LogP contribution in [0.1, 0.15) is 23.9 Å². The molecule has 1 fully saturated rings. The van der Waals surface area contributed by atoms with Crippen molar-refractivity contribution in [3.05, 3.63) is 29.6 Å². The van der Waals surface area contributed by atoms with E-state index in [9.17, 15) is 16.8 Å². The zero-order valence-corrected chi connectivity index (χ0v) is 17.1. The van der Waals surface area contributed by atoms with Gasteiger partial charge in [-0.1, -0.05) is 0 Å². The van der Waals surface area contributed by atoms with Gasteiger partial charge in [0.05, 0.1) is 34.6 Å². The van der Waals surface area contributed by atoms with E-state index in [1.54, 1.807) is 32.0 Å². The van der Waals surface area contributed by atoms with Crippen molar-refractivity contribution < 1.29 is 26.3 Å². The highest BCUT2D eigenvalue weighted by molar-refractivity contribution is 7.92. The molecule has 11 heteroatoms. The molecule has 2 aromatic rings. The number of anilines is 1. The standard InChI is InChI=1S/C17H21N3O6S2/c1-11-17(12(2)20(18-11)14-5-8-27(21,22)10-14)28(23,24)19-13-3-4-15-16(9-13)26-7-6-25-15/h3-4,9,14,19H,5-8,10H2,1-2H3/t14-/m0/s1. The molecule has 152 valence electrons. The molecule has 1 saturated heterocycles. The lowest BCUT2D eigenvalue weighted by atomic mass is 10.2. The summed E-state index contributed by atoms with van der Waals surface area (Å²) in [6, 6.07) is 4.48. The number of hydrogen-bond acceptors (Lipinski definition) is 7. The molecule has 2 aliphatic rings. The molecule has 3 heterocycles. The third kappa shape index (κ3) is 3.44. The van der Waals surface area contributed by atoms with Crippen LogP contribution in [-0.2, 0) is 19.9 Å². The highest BCUT2D eigenvalue weighted by Crippen LogP contribution is 2.34. The van der Waals surface area contributed by atoms with Crippen molar-refractivity contribution in [1.82, 2.24) is 9.78 Å². The first-order valence-corrected chi connectivity index (χ1v) is 12.2. The first kappa shape index (κ1) is 19.1. The van der Waals surface area contributed by atoms with E-state index in [1.807, 2.05) is 0 Å². The number of aromatic nitrogens is 2. The number of rotatable bonds is 4. The average molecular weight is 428 g/mol. The van der Waals surface area contributed by atoms with Gasteiger partial charge in [-0.3, -0.25) is 9.40 Å². The Hall–Kier alpha value is -2.27. The number of sulfone groups is 1. The van der Waals surface area contributed by atoms with Crippen molar-refractivity contribution in [3.8, 4) is 11.5 Å². The second-order valence-electron chi connectivity index (χ2n) is 6.97. The normalized spacial score (nSPS) is 20.9. The molecule has 1 aromatic carbocycles. The van der Waals surface area contributed by atoms with Crippen LogP contribution in [0.15, 0.2) is 23.1 Å². The van der Waals surface area contributed by atoms with Crippen LogP contribution in [0.4, 0.5) is 5.69 Å². The summed E-state index contributed by atoms with van der Waals surface area (Å²) < 4.78 is 64.6. The molecular formula is C17H21N3O6S2. The molecule has 28 heavy (non-hydrogen) atoms. The first-order chi connectivity index (χ1) is 13.2. The predicted molar refractivity (Wildman–Crippen MR) is 102 cm³/mol. The van der Waals surface area contributed by atoms with E-state index in [2.05, 4.69) is 9.82 Å². The lowest BCUT2D eigenvalue weighted by Crippen LogP contribution is -2.18. The van der Waals surface area contributed by atoms with Gasteiger partial charge in [0.2, 0.25) is 0 Å². The molecule has 9 nitrogen and oxygen atoms in total. The molecule has 0 saturated carbocycles. The minimum absolute atomic E-state index is 0.0238. The molecule has 0 amide bonds. The van der Waals surface area contributed by atoms with Gasteiger partial charge in [-0.15, -0.1) is 0 Å². The van der Waals surface area contributed by atoms with Crippen LogP contribution in [0.5, 0.6) is 11.5 Å². The van der Waals surface area contributed by atoms with Crippen molar-refractivity contribution in [1.29, 1.82) is 0 Å². The molecule has 1 N–H and O–H groups in total. The number of sulfonamides is 1. The summed E-state index contributed by atoms with van der Waals surface area (Å²) >= 11 is 0. The molecule has 0 spiro atoms. The van der Waals surface area contributed by atoms with Gasteiger partial charge in [0.25, 0.3) is 10.0 Å². The maximum Gasteiger partial charge on any atom is 0.265 e. The van der Waals surface area contributed by atoms with Crippen molar-refractivity contribution in [3.63, 3.8) is 0 Å². The summed E-state index contributed by atoms with van der Waals surface area (Å²) in [6.07, 6.45) is 0.430. The Balaban J connectivity index is 1.65. The fourth-order valence-electron chi connectivity index (χ4n) is 3.67. The first-order valence-electron chi connectivity index (χ1n) is 8.85. The molecule has 1 atom stereocenters. The zero-order chi connectivity index (χ0) is 20.1. The number of aryl methyl sites for hydroxylation is 1. The average Bonchev–Trinajstić information content (AvgIpc) is 3.13. The SMILES string of the molecule is Cc1nn([C@H]2CCS(=O)(=O)C2)c(C)c1S(=O)(=O)Nc1ccc2c(c1)OCCO2. The predicted octanol–water partition coefficient (Wildman–Crippen LogP) is 1.43. The number of nitrogens with one attached hydrogen (secondary N) is 1. The molecule has 2 aliphatic heterocycles. The van der Waals surface area contributed by atoms with Crippen LogP contribution < -0.4 is 14.2 Å². The smallest absolute Gasteiger partial charge is 0.265 e. The summed E-state index contributed by atoms with van der Waals surface area (Å²) in [4.78, 5) is 0.0617. The fourth-order valence-corrected chi connectivity index (χ4v) is 6.82. The van der Waals surface area contributed by atoms with Gasteiger partial charge in [0.1, 0.15) is 18.1 Å². The van der Waals surface area contributed by atoms with Gasteiger partial charge in [0, 0.05) is 6.07 Å². The van der Waals surface area contributed by atoms with Crippen molar-refractivity contribution in [2.45, 2.75) is 31.2 Å². The Morgan fingerprint density at radius 1 is 1.18 bits per heavy atom. The molecule has 0 bridgehead atoms. The highest BCUT2D eigenvalue weighted by atomic mass is 32.2. The quantitative estimate of drug-likeness (QED) is 0.784. The summed E-state index contributed by atoms with van der Waals surface area (Å²) in [5.41, 5.74) is 1.09. The third-order valence-electron chi connectivity index (χ3n) is 4.88. The second kappa shape index (κ2) is 6.66. The van der Waals surface area contributed by atoms with Gasteiger partial charge in [-0.25, -0.2) is 16.8 Å². The minimum Gasteiger partial charge on any atom is -0.486 e. The van der Waals surface area contributed by atoms with Gasteiger partial charge < -0.3 is 9.47 Å². The van der Waals surface area contributed by atoms with Gasteiger partial charge >= 0.3 is 0 Å². The van der Waals surface area contributed by atoms with Crippen LogP contribution in [0.25, 0.3) is 0 Å². The van der Waals surface area contributed by atoms with E-state index in [4.69, 9.17) is 9.47 Å². The molecule has 0 aliphatic carbocycles. The van der Waals surface area contributed by atoms with Crippen LogP contribution in [0.2, 0.25) is 0 Å². The third-order valence-corrected chi connectivity index (χ3v) is 8.26. The van der Waals surface area contributed by atoms with Crippen molar-refractivity contribution in [2.75, 3.05) is 29.4 Å². The Morgan fingerprint density at radius 3 is 2.57 bits per heavy atom. The van der Waals surface area contributed by atoms with Crippen LogP contribution in [0.3, 0.4) is 0 Å². The lowest BCUT2D eigenvalue weighted by molar-refractivity contribution is 0.171. The number of fused-ring (bicyclic) bond motifs is 1. The Kier molecular flexibility index (Phi) is 4.53. The fraction of sp³-hybridized carbons (Fsp3) is 0.471. The van der Waals surface area contributed by atoms with E-state index in [0.29, 0.717) is 48.2 Å². The maximum atomic E-state index is 13.0. The van der Waals surface area contributed by atoms with Crippen LogP contribution in [0, 0.1) is 13.8 Å². The summed E-state index contributed by atoms with van der Waals surface area (Å²) in [5.74, 6) is 1.11. The topological polar surface area (TPSA) is 117 Å². The highest BCUT2D eigenvalue weighted by Gasteiger charge is 2.34. The molecule has 0 radical (unpaired) electrons. The van der Waals surface area contributed by atoms with Crippen molar-refractivity contribution >= 4 is 25.5 Å². The second-order valence-corrected chi connectivity index (χ2v) is 10.8. The number of ether oxygens (including phenoxy) is 2. The lowest BCUT2D eigenvalue weighted by Gasteiger charge is -2.19. The van der Waals surface area contributed by atoms with Gasteiger partial charge in [-0.05, 0) is 32.4 Å². The Labute approximate surface area is 163 Å². The summed E-state index contributed by atoms with van der Waals surface area (Å²) in [7, 11) is -7.03. The molecule has 4 rings (SSSR count). The molecule has 0 unspecified atom stereocenters. The zero-order valence-electron chi connectivity index (χ0n) is 15.5. The summed E-state index contributed by atoms with van der Waals surface area (Å²) in [6.45, 7) is 4.10. The number of benzene rings is 1. The van der Waals surface area contributed by atoms with E-state index in [-0.39, 0.29) is 22.4 Å².